The van der Waals surface area contributed by atoms with E-state index in [0.717, 1.165) is 17.9 Å². The van der Waals surface area contributed by atoms with Crippen LogP contribution in [0.25, 0.3) is 0 Å². The Balaban J connectivity index is 2.12. The fourth-order valence-electron chi connectivity index (χ4n) is 2.75. The second-order valence-corrected chi connectivity index (χ2v) is 5.02. The second-order valence-electron chi connectivity index (χ2n) is 5.02. The number of pyridine rings is 1. The first-order valence-corrected chi connectivity index (χ1v) is 6.45. The number of aromatic nitrogens is 1. The monoisotopic (exact) mass is 249 g/mol. The maximum Gasteiger partial charge on any atom is 0.134 e. The molecule has 0 aliphatic carbocycles. The van der Waals surface area contributed by atoms with E-state index in [1.807, 2.05) is 25.1 Å². The van der Waals surface area contributed by atoms with Crippen molar-refractivity contribution in [2.45, 2.75) is 26.3 Å². The second kappa shape index (κ2) is 4.40. The Hall–Kier alpha value is -2.34. The number of hydrogen-bond acceptors (Lipinski definition) is 3. The minimum atomic E-state index is 0.373. The van der Waals surface area contributed by atoms with Crippen molar-refractivity contribution < 1.29 is 0 Å². The van der Waals surface area contributed by atoms with Crippen LogP contribution in [0.4, 0.5) is 11.5 Å². The Labute approximate surface area is 113 Å². The molecule has 0 amide bonds. The van der Waals surface area contributed by atoms with Crippen LogP contribution in [0.2, 0.25) is 0 Å². The van der Waals surface area contributed by atoms with Gasteiger partial charge >= 0.3 is 0 Å². The van der Waals surface area contributed by atoms with Crippen molar-refractivity contribution in [2.75, 3.05) is 4.90 Å². The molecule has 1 aliphatic rings. The van der Waals surface area contributed by atoms with Gasteiger partial charge < -0.3 is 4.90 Å². The molecule has 19 heavy (non-hydrogen) atoms. The summed E-state index contributed by atoms with van der Waals surface area (Å²) in [5.41, 5.74) is 4.10. The van der Waals surface area contributed by atoms with Gasteiger partial charge in [-0.3, -0.25) is 0 Å². The van der Waals surface area contributed by atoms with E-state index in [0.29, 0.717) is 11.6 Å². The van der Waals surface area contributed by atoms with Crippen molar-refractivity contribution >= 4 is 11.5 Å². The standard InChI is InChI=1S/C16H15N3/c1-11-7-13(10-17)9-16(18-11)19-12(2)8-14-5-3-4-6-15(14)19/h3-7,9,12H,8H2,1-2H3. The lowest BCUT2D eigenvalue weighted by molar-refractivity contribution is 0.749. The largest absolute Gasteiger partial charge is 0.323 e. The summed E-state index contributed by atoms with van der Waals surface area (Å²) < 4.78 is 0. The lowest BCUT2D eigenvalue weighted by Crippen LogP contribution is -2.25. The molecule has 0 radical (unpaired) electrons. The number of rotatable bonds is 1. The minimum absolute atomic E-state index is 0.373. The Morgan fingerprint density at radius 1 is 1.32 bits per heavy atom. The molecule has 0 fully saturated rings. The van der Waals surface area contributed by atoms with Crippen LogP contribution < -0.4 is 4.90 Å². The number of para-hydroxylation sites is 1. The van der Waals surface area contributed by atoms with E-state index in [-0.39, 0.29) is 0 Å². The molecule has 0 bridgehead atoms. The number of hydrogen-bond donors (Lipinski definition) is 0. The van der Waals surface area contributed by atoms with Crippen LogP contribution >= 0.6 is 0 Å². The average molecular weight is 249 g/mol. The highest BCUT2D eigenvalue weighted by molar-refractivity contribution is 5.69. The summed E-state index contributed by atoms with van der Waals surface area (Å²) in [6.07, 6.45) is 1.02. The molecule has 2 heterocycles. The van der Waals surface area contributed by atoms with Crippen molar-refractivity contribution in [2.24, 2.45) is 0 Å². The molecule has 1 aliphatic heterocycles. The summed E-state index contributed by atoms with van der Waals surface area (Å²) in [6, 6.07) is 14.7. The van der Waals surface area contributed by atoms with Crippen molar-refractivity contribution in [1.82, 2.24) is 4.98 Å². The van der Waals surface area contributed by atoms with Gasteiger partial charge in [0.2, 0.25) is 0 Å². The number of anilines is 2. The van der Waals surface area contributed by atoms with Gasteiger partial charge in [0.25, 0.3) is 0 Å². The number of benzene rings is 1. The van der Waals surface area contributed by atoms with Crippen LogP contribution in [0.5, 0.6) is 0 Å². The minimum Gasteiger partial charge on any atom is -0.323 e. The van der Waals surface area contributed by atoms with Crippen LogP contribution in [0.15, 0.2) is 36.4 Å². The van der Waals surface area contributed by atoms with E-state index in [9.17, 15) is 0 Å². The molecule has 1 aromatic heterocycles. The zero-order valence-electron chi connectivity index (χ0n) is 11.1. The molecule has 3 nitrogen and oxygen atoms in total. The average Bonchev–Trinajstić information content (AvgIpc) is 2.73. The highest BCUT2D eigenvalue weighted by Gasteiger charge is 2.27. The zero-order valence-corrected chi connectivity index (χ0v) is 11.1. The topological polar surface area (TPSA) is 39.9 Å². The van der Waals surface area contributed by atoms with Crippen LogP contribution in [0.1, 0.15) is 23.7 Å². The van der Waals surface area contributed by atoms with Crippen molar-refractivity contribution in [1.29, 1.82) is 5.26 Å². The molecule has 94 valence electrons. The molecule has 1 unspecified atom stereocenters. The summed E-state index contributed by atoms with van der Waals surface area (Å²) in [5, 5.41) is 9.09. The van der Waals surface area contributed by atoms with Crippen molar-refractivity contribution in [3.63, 3.8) is 0 Å². The third kappa shape index (κ3) is 1.96. The van der Waals surface area contributed by atoms with E-state index in [2.05, 4.69) is 41.1 Å². The lowest BCUT2D eigenvalue weighted by atomic mass is 10.1. The lowest BCUT2D eigenvalue weighted by Gasteiger charge is -2.24. The first kappa shape index (κ1) is 11.7. The molecule has 1 atom stereocenters. The smallest absolute Gasteiger partial charge is 0.134 e. The Morgan fingerprint density at radius 2 is 2.11 bits per heavy atom. The van der Waals surface area contributed by atoms with E-state index in [1.54, 1.807) is 0 Å². The van der Waals surface area contributed by atoms with Crippen LogP contribution in [0.3, 0.4) is 0 Å². The van der Waals surface area contributed by atoms with E-state index in [1.165, 1.54) is 11.3 Å². The molecular formula is C16H15N3. The summed E-state index contributed by atoms with van der Waals surface area (Å²) in [7, 11) is 0. The fourth-order valence-corrected chi connectivity index (χ4v) is 2.75. The van der Waals surface area contributed by atoms with Crippen molar-refractivity contribution in [3.05, 3.63) is 53.2 Å². The van der Waals surface area contributed by atoms with Crippen LogP contribution in [-0.4, -0.2) is 11.0 Å². The predicted molar refractivity (Wildman–Crippen MR) is 75.4 cm³/mol. The van der Waals surface area contributed by atoms with Gasteiger partial charge in [0.1, 0.15) is 5.82 Å². The SMILES string of the molecule is Cc1cc(C#N)cc(N2c3ccccc3CC2C)n1. The van der Waals surface area contributed by atoms with Gasteiger partial charge in [-0.1, -0.05) is 18.2 Å². The van der Waals surface area contributed by atoms with Gasteiger partial charge in [-0.2, -0.15) is 5.26 Å². The van der Waals surface area contributed by atoms with Gasteiger partial charge in [0.05, 0.1) is 11.6 Å². The molecule has 1 aromatic carbocycles. The number of nitrogens with zero attached hydrogens (tertiary/aromatic N) is 3. The maximum absolute atomic E-state index is 9.09. The molecule has 3 heteroatoms. The molecule has 2 aromatic rings. The van der Waals surface area contributed by atoms with E-state index < -0.39 is 0 Å². The molecule has 0 N–H and O–H groups in total. The highest BCUT2D eigenvalue weighted by atomic mass is 15.2. The third-order valence-electron chi connectivity index (χ3n) is 3.52. The highest BCUT2D eigenvalue weighted by Crippen LogP contribution is 2.37. The first-order chi connectivity index (χ1) is 9.19. The van der Waals surface area contributed by atoms with E-state index >= 15 is 0 Å². The summed E-state index contributed by atoms with van der Waals surface area (Å²) >= 11 is 0. The van der Waals surface area contributed by atoms with Gasteiger partial charge in [-0.25, -0.2) is 4.98 Å². The Morgan fingerprint density at radius 3 is 2.89 bits per heavy atom. The molecule has 3 rings (SSSR count). The summed E-state index contributed by atoms with van der Waals surface area (Å²) in [4.78, 5) is 6.81. The molecular weight excluding hydrogens is 234 g/mol. The van der Waals surface area contributed by atoms with Gasteiger partial charge in [0, 0.05) is 17.4 Å². The van der Waals surface area contributed by atoms with Gasteiger partial charge in [0.15, 0.2) is 0 Å². The quantitative estimate of drug-likeness (QED) is 0.778. The first-order valence-electron chi connectivity index (χ1n) is 6.45. The van der Waals surface area contributed by atoms with Gasteiger partial charge in [-0.05, 0) is 44.0 Å². The summed E-state index contributed by atoms with van der Waals surface area (Å²) in [6.45, 7) is 4.12. The zero-order chi connectivity index (χ0) is 13.4. The fraction of sp³-hybridized carbons (Fsp3) is 0.250. The van der Waals surface area contributed by atoms with E-state index in [4.69, 9.17) is 5.26 Å². The molecule has 0 spiro atoms. The van der Waals surface area contributed by atoms with Gasteiger partial charge in [-0.15, -0.1) is 0 Å². The number of aryl methyl sites for hydroxylation is 1. The third-order valence-corrected chi connectivity index (χ3v) is 3.52. The number of nitriles is 1. The molecule has 0 saturated heterocycles. The predicted octanol–water partition coefficient (Wildman–Crippen LogP) is 3.34. The Bertz CT molecular complexity index is 670. The van der Waals surface area contributed by atoms with Crippen LogP contribution in [0, 0.1) is 18.3 Å². The summed E-state index contributed by atoms with van der Waals surface area (Å²) in [5.74, 6) is 0.869. The Kier molecular flexibility index (Phi) is 2.72. The maximum atomic E-state index is 9.09. The number of fused-ring (bicyclic) bond motifs is 1. The molecule has 0 saturated carbocycles. The normalized spacial score (nSPS) is 17.1. The van der Waals surface area contributed by atoms with Crippen LogP contribution in [-0.2, 0) is 6.42 Å². The van der Waals surface area contributed by atoms with Crippen molar-refractivity contribution in [3.8, 4) is 6.07 Å².